The van der Waals surface area contributed by atoms with E-state index < -0.39 is 0 Å². The molecule has 0 fully saturated rings. The average Bonchev–Trinajstić information content (AvgIpc) is 1.65. The average molecular weight is 82.1 g/mol. The molecule has 1 N–H and O–H groups in total. The molecule has 0 saturated heterocycles. The van der Waals surface area contributed by atoms with Crippen molar-refractivity contribution in [1.29, 1.82) is 0 Å². The van der Waals surface area contributed by atoms with E-state index in [9.17, 15) is 0 Å². The number of aliphatic hydroxyl groups is 1. The van der Waals surface area contributed by atoms with Gasteiger partial charge in [-0.2, -0.15) is 0 Å². The fourth-order valence-corrected chi connectivity index (χ4v) is 0.0833. The molecule has 0 bridgehead atoms. The van der Waals surface area contributed by atoms with Crippen LogP contribution in [0.4, 0.5) is 0 Å². The highest BCUT2D eigenvalue weighted by atomic mass is 16.3. The van der Waals surface area contributed by atoms with Crippen molar-refractivity contribution in [2.75, 3.05) is 0 Å². The zero-order valence-electron chi connectivity index (χ0n) is 3.60. The summed E-state index contributed by atoms with van der Waals surface area (Å²) in [6.45, 7) is 1.68. The molecule has 1 nitrogen and oxygen atoms in total. The molecule has 32 valence electrons. The minimum Gasteiger partial charge on any atom is -0.501 e. The van der Waals surface area contributed by atoms with Crippen molar-refractivity contribution in [3.8, 4) is 12.3 Å². The Labute approximate surface area is 37.3 Å². The van der Waals surface area contributed by atoms with Gasteiger partial charge in [0.15, 0.2) is 5.76 Å². The second kappa shape index (κ2) is 2.34. The fraction of sp³-hybridized carbons (Fsp3) is 0.200. The number of allylic oxidation sites excluding steroid dienone is 2. The van der Waals surface area contributed by atoms with Gasteiger partial charge >= 0.3 is 0 Å². The van der Waals surface area contributed by atoms with Gasteiger partial charge in [-0.1, -0.05) is 0 Å². The van der Waals surface area contributed by atoms with E-state index in [0.29, 0.717) is 0 Å². The van der Waals surface area contributed by atoms with E-state index >= 15 is 0 Å². The monoisotopic (exact) mass is 82.0 g/mol. The van der Waals surface area contributed by atoms with E-state index in [1.807, 2.05) is 5.92 Å². The van der Waals surface area contributed by atoms with E-state index in [2.05, 4.69) is 0 Å². The molecule has 0 radical (unpaired) electrons. The van der Waals surface area contributed by atoms with E-state index in [1.165, 1.54) is 6.08 Å². The highest BCUT2D eigenvalue weighted by molar-refractivity contribution is 5.15. The van der Waals surface area contributed by atoms with Crippen LogP contribution in [0, 0.1) is 12.3 Å². The first-order valence-electron chi connectivity index (χ1n) is 1.63. The Morgan fingerprint density at radius 1 is 2.00 bits per heavy atom. The molecule has 0 aromatic heterocycles. The molecule has 0 spiro atoms. The van der Waals surface area contributed by atoms with Crippen LogP contribution in [0.25, 0.3) is 0 Å². The van der Waals surface area contributed by atoms with Crippen molar-refractivity contribution in [2.45, 2.75) is 6.92 Å². The summed E-state index contributed by atoms with van der Waals surface area (Å²) in [5.74, 6) is 2.03. The predicted octanol–water partition coefficient (Wildman–Crippen LogP) is 1.08. The van der Waals surface area contributed by atoms with Gasteiger partial charge in [0.1, 0.15) is 0 Å². The third kappa shape index (κ3) is 1.42. The number of hydrogen-bond donors (Lipinski definition) is 1. The lowest BCUT2D eigenvalue weighted by atomic mass is 10.5. The van der Waals surface area contributed by atoms with Gasteiger partial charge in [0.05, 0.1) is 0 Å². The smallest absolute Gasteiger partial charge is 0.162 e. The van der Waals surface area contributed by atoms with Gasteiger partial charge in [0.25, 0.3) is 0 Å². The van der Waals surface area contributed by atoms with Gasteiger partial charge in [0, 0.05) is 0 Å². The van der Waals surface area contributed by atoms with Crippen molar-refractivity contribution >= 4 is 0 Å². The lowest BCUT2D eigenvalue weighted by Crippen LogP contribution is -1.66. The first-order valence-corrected chi connectivity index (χ1v) is 1.63. The van der Waals surface area contributed by atoms with Crippen molar-refractivity contribution in [3.63, 3.8) is 0 Å². The molecule has 1 heteroatoms. The molecule has 0 saturated carbocycles. The first-order chi connectivity index (χ1) is 2.81. The first kappa shape index (κ1) is 5.10. The number of aliphatic hydroxyl groups excluding tert-OH is 1. The van der Waals surface area contributed by atoms with Crippen LogP contribution in [0.1, 0.15) is 6.92 Å². The molecule has 0 rings (SSSR count). The molecule has 6 heavy (non-hydrogen) atoms. The van der Waals surface area contributed by atoms with Crippen LogP contribution in [0.3, 0.4) is 0 Å². The molecule has 0 aliphatic carbocycles. The van der Waals surface area contributed by atoms with Gasteiger partial charge < -0.3 is 5.11 Å². The molecular formula is C5H6O. The zero-order chi connectivity index (χ0) is 4.99. The Hall–Kier alpha value is -0.900. The quantitative estimate of drug-likeness (QED) is 0.342. The lowest BCUT2D eigenvalue weighted by molar-refractivity contribution is 0.437. The van der Waals surface area contributed by atoms with Gasteiger partial charge in [0.2, 0.25) is 0 Å². The van der Waals surface area contributed by atoms with Crippen LogP contribution in [-0.4, -0.2) is 5.11 Å². The van der Waals surface area contributed by atoms with Gasteiger partial charge in [-0.15, -0.1) is 6.42 Å². The molecule has 0 heterocycles. The Bertz CT molecular complexity index is 95.0. The van der Waals surface area contributed by atoms with E-state index in [1.54, 1.807) is 6.92 Å². The predicted molar refractivity (Wildman–Crippen MR) is 25.2 cm³/mol. The molecular weight excluding hydrogens is 76.1 g/mol. The Balaban J connectivity index is 3.61. The molecule has 0 amide bonds. The van der Waals surface area contributed by atoms with Gasteiger partial charge in [-0.25, -0.2) is 0 Å². The molecule has 0 atom stereocenters. The summed E-state index contributed by atoms with van der Waals surface area (Å²) in [4.78, 5) is 0. The maximum Gasteiger partial charge on any atom is 0.162 e. The minimum atomic E-state index is -0.00463. The fourth-order valence-electron chi connectivity index (χ4n) is 0.0833. The highest BCUT2D eigenvalue weighted by Crippen LogP contribution is 1.77. The maximum atomic E-state index is 8.29. The molecule has 0 unspecified atom stereocenters. The molecule has 0 aliphatic rings. The molecule has 0 aromatic rings. The topological polar surface area (TPSA) is 20.2 Å². The van der Waals surface area contributed by atoms with Crippen molar-refractivity contribution < 1.29 is 5.11 Å². The minimum absolute atomic E-state index is 0.00463. The SMILES string of the molecule is C#C/C(O)=C\C. The van der Waals surface area contributed by atoms with Crippen molar-refractivity contribution in [1.82, 2.24) is 0 Å². The van der Waals surface area contributed by atoms with Crippen LogP contribution in [0.15, 0.2) is 11.8 Å². The van der Waals surface area contributed by atoms with E-state index in [-0.39, 0.29) is 5.76 Å². The summed E-state index contributed by atoms with van der Waals surface area (Å²) in [5.41, 5.74) is 0. The highest BCUT2D eigenvalue weighted by Gasteiger charge is 1.70. The largest absolute Gasteiger partial charge is 0.501 e. The van der Waals surface area contributed by atoms with Crippen LogP contribution < -0.4 is 0 Å². The number of hydrogen-bond acceptors (Lipinski definition) is 1. The second-order valence-corrected chi connectivity index (χ2v) is 0.818. The Morgan fingerprint density at radius 3 is 2.50 bits per heavy atom. The number of rotatable bonds is 0. The number of terminal acetylenes is 1. The van der Waals surface area contributed by atoms with Crippen molar-refractivity contribution in [2.24, 2.45) is 0 Å². The molecule has 0 aliphatic heterocycles. The van der Waals surface area contributed by atoms with Crippen LogP contribution in [0.2, 0.25) is 0 Å². The third-order valence-corrected chi connectivity index (χ3v) is 0.421. The molecule has 0 aromatic carbocycles. The summed E-state index contributed by atoms with van der Waals surface area (Å²) in [6, 6.07) is 0. The summed E-state index contributed by atoms with van der Waals surface area (Å²) >= 11 is 0. The summed E-state index contributed by atoms with van der Waals surface area (Å²) in [5, 5.41) is 8.29. The normalized spacial score (nSPS) is 10.3. The maximum absolute atomic E-state index is 8.29. The van der Waals surface area contributed by atoms with Crippen LogP contribution in [-0.2, 0) is 0 Å². The summed E-state index contributed by atoms with van der Waals surface area (Å²) in [6.07, 6.45) is 6.17. The second-order valence-electron chi connectivity index (χ2n) is 0.818. The van der Waals surface area contributed by atoms with Crippen LogP contribution >= 0.6 is 0 Å². The Kier molecular flexibility index (Phi) is 1.99. The van der Waals surface area contributed by atoms with E-state index in [0.717, 1.165) is 0 Å². The lowest BCUT2D eigenvalue weighted by Gasteiger charge is -1.75. The summed E-state index contributed by atoms with van der Waals surface area (Å²) in [7, 11) is 0. The standard InChI is InChI=1S/C5H6O/c1-3-5(6)4-2/h1,4,6H,2H3/b5-4+. The zero-order valence-corrected chi connectivity index (χ0v) is 3.60. The van der Waals surface area contributed by atoms with Gasteiger partial charge in [-0.05, 0) is 18.9 Å². The Morgan fingerprint density at radius 2 is 2.50 bits per heavy atom. The third-order valence-electron chi connectivity index (χ3n) is 0.421. The van der Waals surface area contributed by atoms with Crippen molar-refractivity contribution in [3.05, 3.63) is 11.8 Å². The van der Waals surface area contributed by atoms with E-state index in [4.69, 9.17) is 11.5 Å². The van der Waals surface area contributed by atoms with Crippen LogP contribution in [0.5, 0.6) is 0 Å². The van der Waals surface area contributed by atoms with Gasteiger partial charge in [-0.3, -0.25) is 0 Å². The summed E-state index contributed by atoms with van der Waals surface area (Å²) < 4.78 is 0.